The van der Waals surface area contributed by atoms with Crippen molar-refractivity contribution in [2.45, 2.75) is 51.0 Å². The van der Waals surface area contributed by atoms with E-state index in [0.717, 1.165) is 62.1 Å². The van der Waals surface area contributed by atoms with Gasteiger partial charge in [-0.2, -0.15) is 0 Å². The Balaban J connectivity index is 1.33. The Morgan fingerprint density at radius 2 is 1.74 bits per heavy atom. The minimum atomic E-state index is 0.0200. The molecule has 2 N–H and O–H groups in total. The summed E-state index contributed by atoms with van der Waals surface area (Å²) in [5, 5.41) is 6.77. The summed E-state index contributed by atoms with van der Waals surface area (Å²) >= 11 is 5.98. The van der Waals surface area contributed by atoms with Crippen molar-refractivity contribution in [2.24, 2.45) is 11.8 Å². The first-order valence-electron chi connectivity index (χ1n) is 10.0. The lowest BCUT2D eigenvalue weighted by Crippen LogP contribution is -2.40. The maximum atomic E-state index is 12.4. The monoisotopic (exact) mass is 392 g/mol. The predicted molar refractivity (Wildman–Crippen MR) is 106 cm³/mol. The summed E-state index contributed by atoms with van der Waals surface area (Å²) in [5.41, 5.74) is 1.12. The van der Waals surface area contributed by atoms with Crippen LogP contribution >= 0.6 is 11.6 Å². The largest absolute Gasteiger partial charge is 0.376 e. The molecular weight excluding hydrogens is 364 g/mol. The molecule has 0 radical (unpaired) electrons. The number of hydrogen-bond acceptors (Lipinski definition) is 3. The average Bonchev–Trinajstić information content (AvgIpc) is 3.20. The number of amides is 2. The van der Waals surface area contributed by atoms with E-state index >= 15 is 0 Å². The second kappa shape index (κ2) is 10.1. The lowest BCUT2D eigenvalue weighted by Gasteiger charge is -2.27. The zero-order valence-electron chi connectivity index (χ0n) is 15.7. The lowest BCUT2D eigenvalue weighted by atomic mass is 9.81. The number of nitrogens with one attached hydrogen (secondary N) is 2. The highest BCUT2D eigenvalue weighted by Gasteiger charge is 2.30. The summed E-state index contributed by atoms with van der Waals surface area (Å²) in [4.78, 5) is 24.7. The van der Waals surface area contributed by atoms with Crippen molar-refractivity contribution in [1.82, 2.24) is 10.6 Å². The molecule has 0 aromatic heterocycles. The second-order valence-electron chi connectivity index (χ2n) is 7.60. The summed E-state index contributed by atoms with van der Waals surface area (Å²) < 4.78 is 5.54. The highest BCUT2D eigenvalue weighted by atomic mass is 35.5. The van der Waals surface area contributed by atoms with Crippen molar-refractivity contribution < 1.29 is 14.3 Å². The van der Waals surface area contributed by atoms with Crippen LogP contribution in [0.1, 0.15) is 44.1 Å². The van der Waals surface area contributed by atoms with Crippen LogP contribution in [0.3, 0.4) is 0 Å². The van der Waals surface area contributed by atoms with Gasteiger partial charge in [0, 0.05) is 36.6 Å². The van der Waals surface area contributed by atoms with E-state index in [9.17, 15) is 9.59 Å². The molecule has 0 spiro atoms. The molecule has 5 nitrogen and oxygen atoms in total. The maximum absolute atomic E-state index is 12.4. The number of rotatable bonds is 7. The fourth-order valence-corrected chi connectivity index (χ4v) is 4.16. The molecule has 2 amide bonds. The summed E-state index contributed by atoms with van der Waals surface area (Å²) in [7, 11) is 0. The normalized spacial score (nSPS) is 25.1. The Morgan fingerprint density at radius 3 is 2.37 bits per heavy atom. The van der Waals surface area contributed by atoms with Gasteiger partial charge < -0.3 is 15.4 Å². The first kappa shape index (κ1) is 20.2. The minimum absolute atomic E-state index is 0.0200. The topological polar surface area (TPSA) is 67.4 Å². The van der Waals surface area contributed by atoms with Crippen LogP contribution in [0.15, 0.2) is 24.3 Å². The predicted octanol–water partition coefficient (Wildman–Crippen LogP) is 3.10. The Labute approximate surface area is 166 Å². The van der Waals surface area contributed by atoms with Crippen LogP contribution in [0.5, 0.6) is 0 Å². The number of carbonyl (C=O) groups is 2. The van der Waals surface area contributed by atoms with Crippen LogP contribution in [0.2, 0.25) is 5.02 Å². The van der Waals surface area contributed by atoms with Gasteiger partial charge in [0.15, 0.2) is 0 Å². The van der Waals surface area contributed by atoms with Crippen molar-refractivity contribution in [2.75, 3.05) is 19.7 Å². The molecule has 2 aliphatic rings. The standard InChI is InChI=1S/C21H29ClN2O3/c22-18-4-1-3-15(13-18)10-11-23-20(25)16-6-8-17(9-7-16)21(26)24-14-19-5-2-12-27-19/h1,3-4,13,16-17,19H,2,5-12,14H2,(H,23,25)(H,24,26). The third kappa shape index (κ3) is 6.22. The first-order valence-corrected chi connectivity index (χ1v) is 10.4. The zero-order chi connectivity index (χ0) is 19.1. The van der Waals surface area contributed by atoms with Gasteiger partial charge in [0.1, 0.15) is 0 Å². The Hall–Kier alpha value is -1.59. The molecule has 6 heteroatoms. The summed E-state index contributed by atoms with van der Waals surface area (Å²) in [6, 6.07) is 7.70. The first-order chi connectivity index (χ1) is 13.1. The van der Waals surface area contributed by atoms with Gasteiger partial charge in [0.2, 0.25) is 11.8 Å². The van der Waals surface area contributed by atoms with E-state index < -0.39 is 0 Å². The molecule has 1 heterocycles. The third-order valence-electron chi connectivity index (χ3n) is 5.60. The lowest BCUT2D eigenvalue weighted by molar-refractivity contribution is -0.130. The summed E-state index contributed by atoms with van der Waals surface area (Å²) in [6.07, 6.45) is 6.18. The van der Waals surface area contributed by atoms with Crippen LogP contribution in [-0.4, -0.2) is 37.6 Å². The number of ether oxygens (including phenoxy) is 1. The number of carbonyl (C=O) groups excluding carboxylic acids is 2. The Morgan fingerprint density at radius 1 is 1.04 bits per heavy atom. The van der Waals surface area contributed by atoms with Crippen molar-refractivity contribution in [3.63, 3.8) is 0 Å². The molecule has 1 aliphatic heterocycles. The van der Waals surface area contributed by atoms with Crippen molar-refractivity contribution in [1.29, 1.82) is 0 Å². The highest BCUT2D eigenvalue weighted by Crippen LogP contribution is 2.29. The molecule has 0 bridgehead atoms. The van der Waals surface area contributed by atoms with Crippen molar-refractivity contribution >= 4 is 23.4 Å². The van der Waals surface area contributed by atoms with Crippen LogP contribution in [0, 0.1) is 11.8 Å². The SMILES string of the molecule is O=C(NCCc1cccc(Cl)c1)C1CCC(C(=O)NCC2CCCO2)CC1. The smallest absolute Gasteiger partial charge is 0.223 e. The van der Waals surface area contributed by atoms with Gasteiger partial charge in [-0.05, 0) is 62.6 Å². The fraction of sp³-hybridized carbons (Fsp3) is 0.619. The minimum Gasteiger partial charge on any atom is -0.376 e. The highest BCUT2D eigenvalue weighted by molar-refractivity contribution is 6.30. The molecule has 148 valence electrons. The van der Waals surface area contributed by atoms with Gasteiger partial charge in [0.25, 0.3) is 0 Å². The number of hydrogen-bond donors (Lipinski definition) is 2. The Kier molecular flexibility index (Phi) is 7.53. The molecule has 1 atom stereocenters. The Bertz CT molecular complexity index is 638. The quantitative estimate of drug-likeness (QED) is 0.749. The number of halogens is 1. The van der Waals surface area contributed by atoms with E-state index in [2.05, 4.69) is 10.6 Å². The molecule has 1 saturated heterocycles. The molecule has 27 heavy (non-hydrogen) atoms. The van der Waals surface area contributed by atoms with Crippen LogP contribution in [-0.2, 0) is 20.7 Å². The van der Waals surface area contributed by atoms with Crippen LogP contribution in [0.4, 0.5) is 0 Å². The molecule has 2 fully saturated rings. The third-order valence-corrected chi connectivity index (χ3v) is 5.83. The molecule has 1 saturated carbocycles. The molecule has 3 rings (SSSR count). The van der Waals surface area contributed by atoms with E-state index in [0.29, 0.717) is 13.1 Å². The maximum Gasteiger partial charge on any atom is 0.223 e. The van der Waals surface area contributed by atoms with Gasteiger partial charge in [-0.3, -0.25) is 9.59 Å². The molecule has 1 aromatic rings. The second-order valence-corrected chi connectivity index (χ2v) is 8.04. The molecular formula is C21H29ClN2O3. The summed E-state index contributed by atoms with van der Waals surface area (Å²) in [5.74, 6) is 0.272. The van der Waals surface area contributed by atoms with E-state index in [-0.39, 0.29) is 29.8 Å². The van der Waals surface area contributed by atoms with E-state index in [1.54, 1.807) is 0 Å². The van der Waals surface area contributed by atoms with E-state index in [4.69, 9.17) is 16.3 Å². The molecule has 1 aromatic carbocycles. The average molecular weight is 393 g/mol. The number of benzene rings is 1. The molecule has 1 aliphatic carbocycles. The van der Waals surface area contributed by atoms with E-state index in [1.807, 2.05) is 24.3 Å². The van der Waals surface area contributed by atoms with Gasteiger partial charge in [-0.15, -0.1) is 0 Å². The van der Waals surface area contributed by atoms with Crippen LogP contribution in [0.25, 0.3) is 0 Å². The van der Waals surface area contributed by atoms with Crippen molar-refractivity contribution in [3.05, 3.63) is 34.9 Å². The van der Waals surface area contributed by atoms with Gasteiger partial charge in [0.05, 0.1) is 6.10 Å². The van der Waals surface area contributed by atoms with Gasteiger partial charge in [-0.1, -0.05) is 23.7 Å². The van der Waals surface area contributed by atoms with Crippen molar-refractivity contribution in [3.8, 4) is 0 Å². The van der Waals surface area contributed by atoms with Crippen LogP contribution < -0.4 is 10.6 Å². The summed E-state index contributed by atoms with van der Waals surface area (Å²) in [6.45, 7) is 2.03. The van der Waals surface area contributed by atoms with Gasteiger partial charge >= 0.3 is 0 Å². The van der Waals surface area contributed by atoms with Gasteiger partial charge in [-0.25, -0.2) is 0 Å². The van der Waals surface area contributed by atoms with E-state index in [1.165, 1.54) is 0 Å². The fourth-order valence-electron chi connectivity index (χ4n) is 3.95. The molecule has 1 unspecified atom stereocenters. The zero-order valence-corrected chi connectivity index (χ0v) is 16.5.